The molecule has 2 aromatic rings. The Morgan fingerprint density at radius 3 is 2.38 bits per heavy atom. The van der Waals surface area contributed by atoms with E-state index in [2.05, 4.69) is 25.3 Å². The molecule has 8 nitrogen and oxygen atoms in total. The van der Waals surface area contributed by atoms with Crippen molar-refractivity contribution in [3.8, 4) is 0 Å². The van der Waals surface area contributed by atoms with Crippen LogP contribution >= 0.6 is 0 Å². The highest BCUT2D eigenvalue weighted by Crippen LogP contribution is 2.36. The third-order valence-electron chi connectivity index (χ3n) is 5.88. The van der Waals surface area contributed by atoms with Crippen LogP contribution < -0.4 is 11.1 Å². The Kier molecular flexibility index (Phi) is 8.45. The van der Waals surface area contributed by atoms with Crippen LogP contribution in [0.15, 0.2) is 41.3 Å². The van der Waals surface area contributed by atoms with Gasteiger partial charge in [-0.15, -0.1) is 0 Å². The molecule has 16 heteroatoms. The normalized spacial score (nSPS) is 20.6. The van der Waals surface area contributed by atoms with E-state index in [0.717, 1.165) is 23.2 Å². The van der Waals surface area contributed by atoms with Crippen LogP contribution in [0.25, 0.3) is 5.57 Å². The Balaban J connectivity index is 1.94. The van der Waals surface area contributed by atoms with Crippen molar-refractivity contribution < 1.29 is 39.9 Å². The van der Waals surface area contributed by atoms with Crippen molar-refractivity contribution >= 4 is 23.6 Å². The van der Waals surface area contributed by atoms with E-state index >= 15 is 0 Å². The van der Waals surface area contributed by atoms with Crippen LogP contribution in [0.1, 0.15) is 30.3 Å². The molecule has 212 valence electrons. The number of hydrogen-bond donors (Lipinski definition) is 2. The number of hydrogen-bond acceptors (Lipinski definition) is 7. The second-order valence-corrected chi connectivity index (χ2v) is 8.83. The molecule has 0 radical (unpaired) electrons. The summed E-state index contributed by atoms with van der Waals surface area (Å²) in [7, 11) is 1.26. The zero-order valence-electron chi connectivity index (χ0n) is 20.5. The zero-order valence-corrected chi connectivity index (χ0v) is 20.5. The van der Waals surface area contributed by atoms with Gasteiger partial charge in [-0.1, -0.05) is 13.0 Å². The number of carbonyl (C=O) groups is 1. The van der Waals surface area contributed by atoms with Crippen LogP contribution in [0.2, 0.25) is 0 Å². The minimum Gasteiger partial charge on any atom is -0.394 e. The molecule has 3 rings (SSSR count). The number of nitrogens with two attached hydrogens (primary N) is 1. The number of pyridine rings is 1. The van der Waals surface area contributed by atoms with Gasteiger partial charge < -0.3 is 16.0 Å². The van der Waals surface area contributed by atoms with Gasteiger partial charge in [0.1, 0.15) is 11.4 Å². The lowest BCUT2D eigenvalue weighted by atomic mass is 9.88. The third kappa shape index (κ3) is 7.17. The fourth-order valence-corrected chi connectivity index (χ4v) is 4.06. The summed E-state index contributed by atoms with van der Waals surface area (Å²) in [4.78, 5) is 28.5. The van der Waals surface area contributed by atoms with Crippen molar-refractivity contribution in [2.45, 2.75) is 37.7 Å². The molecule has 2 atom stereocenters. The highest BCUT2D eigenvalue weighted by Gasteiger charge is 2.46. The number of anilines is 1. The summed E-state index contributed by atoms with van der Waals surface area (Å²) < 4.78 is 107. The van der Waals surface area contributed by atoms with Crippen LogP contribution in [-0.4, -0.2) is 64.1 Å². The van der Waals surface area contributed by atoms with Crippen LogP contribution in [-0.2, 0) is 17.1 Å². The first-order valence-corrected chi connectivity index (χ1v) is 11.3. The average Bonchev–Trinajstić information content (AvgIpc) is 2.84. The summed E-state index contributed by atoms with van der Waals surface area (Å²) in [5.41, 5.74) is 2.31. The molecule has 1 aliphatic rings. The van der Waals surface area contributed by atoms with Gasteiger partial charge >= 0.3 is 12.4 Å². The molecule has 0 aliphatic carbocycles. The van der Waals surface area contributed by atoms with E-state index in [1.807, 2.05) is 0 Å². The molecule has 0 bridgehead atoms. The number of nitrogens with one attached hydrogen (secondary N) is 1. The van der Waals surface area contributed by atoms with Gasteiger partial charge in [-0.25, -0.2) is 23.7 Å². The first-order chi connectivity index (χ1) is 18.0. The maximum Gasteiger partial charge on any atom is 0.433 e. The lowest BCUT2D eigenvalue weighted by Crippen LogP contribution is -2.58. The number of alkyl halides is 8. The van der Waals surface area contributed by atoms with E-state index in [1.165, 1.54) is 14.0 Å². The number of nitrogens with zero attached hydrogens (tertiary/aromatic N) is 5. The summed E-state index contributed by atoms with van der Waals surface area (Å²) >= 11 is 0. The molecule has 1 saturated heterocycles. The second-order valence-electron chi connectivity index (χ2n) is 8.83. The van der Waals surface area contributed by atoms with Crippen molar-refractivity contribution in [2.24, 2.45) is 16.6 Å². The number of piperidine rings is 1. The first-order valence-electron chi connectivity index (χ1n) is 11.3. The topological polar surface area (TPSA) is 109 Å². The Morgan fingerprint density at radius 1 is 1.18 bits per heavy atom. The van der Waals surface area contributed by atoms with Gasteiger partial charge in [0.05, 0.1) is 23.8 Å². The largest absolute Gasteiger partial charge is 0.433 e. The summed E-state index contributed by atoms with van der Waals surface area (Å²) in [6.07, 6.45) is -8.01. The van der Waals surface area contributed by atoms with Crippen molar-refractivity contribution in [2.75, 3.05) is 25.5 Å². The highest BCUT2D eigenvalue weighted by molar-refractivity contribution is 6.18. The molecule has 0 saturated carbocycles. The van der Waals surface area contributed by atoms with E-state index in [0.29, 0.717) is 18.5 Å². The maximum atomic E-state index is 14.5. The molecule has 1 aliphatic heterocycles. The van der Waals surface area contributed by atoms with Crippen LogP contribution in [0.3, 0.4) is 0 Å². The number of amides is 1. The minimum absolute atomic E-state index is 0.235. The third-order valence-corrected chi connectivity index (χ3v) is 5.88. The van der Waals surface area contributed by atoms with Crippen LogP contribution in [0, 0.1) is 5.92 Å². The highest BCUT2D eigenvalue weighted by atomic mass is 19.4. The van der Waals surface area contributed by atoms with Crippen LogP contribution in [0.5, 0.6) is 0 Å². The average molecular weight is 565 g/mol. The van der Waals surface area contributed by atoms with E-state index in [4.69, 9.17) is 5.73 Å². The quantitative estimate of drug-likeness (QED) is 0.308. The van der Waals surface area contributed by atoms with Crippen molar-refractivity contribution in [3.63, 3.8) is 0 Å². The zero-order chi connectivity index (χ0) is 29.2. The molecule has 1 fully saturated rings. The molecule has 0 aromatic carbocycles. The maximum absolute atomic E-state index is 14.5. The molecule has 3 heterocycles. The Bertz CT molecular complexity index is 1240. The van der Waals surface area contributed by atoms with E-state index in [1.54, 1.807) is 0 Å². The van der Waals surface area contributed by atoms with Gasteiger partial charge in [0.2, 0.25) is 5.95 Å². The minimum atomic E-state index is -4.80. The van der Waals surface area contributed by atoms with Gasteiger partial charge in [-0.05, 0) is 18.1 Å². The van der Waals surface area contributed by atoms with Crippen molar-refractivity contribution in [1.29, 1.82) is 0 Å². The summed E-state index contributed by atoms with van der Waals surface area (Å²) in [5, 5.41) is 2.64. The number of rotatable bonds is 6. The van der Waals surface area contributed by atoms with Crippen molar-refractivity contribution in [1.82, 2.24) is 19.9 Å². The smallest absolute Gasteiger partial charge is 0.394 e. The molecule has 1 unspecified atom stereocenters. The Morgan fingerprint density at radius 2 is 1.82 bits per heavy atom. The molecular formula is C23H23F8N7O. The number of aromatic nitrogens is 3. The van der Waals surface area contributed by atoms with E-state index in [-0.39, 0.29) is 23.8 Å². The number of aliphatic imine (C=N–C) groups is 1. The predicted molar refractivity (Wildman–Crippen MR) is 125 cm³/mol. The fraction of sp³-hybridized carbons (Fsp3) is 0.435. The van der Waals surface area contributed by atoms with Gasteiger partial charge in [0.25, 0.3) is 11.8 Å². The molecule has 0 spiro atoms. The SMILES string of the molecule is CN=CC(=C(N)C(=O)N1CC(F)(F)C[C@@H](C)C1CNc1ncc(C(F)(F)F)cn1)c1cccc(C(F)(F)F)n1. The summed E-state index contributed by atoms with van der Waals surface area (Å²) in [6, 6.07) is 1.94. The Hall–Kier alpha value is -3.85. The fourth-order valence-electron chi connectivity index (χ4n) is 4.06. The van der Waals surface area contributed by atoms with E-state index in [9.17, 15) is 39.9 Å². The number of halogens is 8. The van der Waals surface area contributed by atoms with Crippen LogP contribution in [0.4, 0.5) is 41.1 Å². The number of allylic oxidation sites excluding steroid dienone is 1. The van der Waals surface area contributed by atoms with Gasteiger partial charge in [0, 0.05) is 44.2 Å². The first kappa shape index (κ1) is 29.7. The number of carbonyl (C=O) groups excluding carboxylic acids is 1. The Labute approximate surface area is 217 Å². The molecule has 3 N–H and O–H groups in total. The predicted octanol–water partition coefficient (Wildman–Crippen LogP) is 4.26. The molecule has 2 aromatic heterocycles. The second kappa shape index (κ2) is 11.1. The van der Waals surface area contributed by atoms with Gasteiger partial charge in [-0.3, -0.25) is 9.79 Å². The lowest BCUT2D eigenvalue weighted by molar-refractivity contribution is -0.148. The molecular weight excluding hydrogens is 542 g/mol. The standard InChI is InChI=1S/C23H23F8N7O/c1-12-6-21(24,25)11-38(16(12)10-36-20-34-7-13(8-35-20)22(26,27)28)19(39)18(32)14(9-33-2)15-4-3-5-17(37-15)23(29,30)31/h3-5,7-9,12,16H,6,10-11,32H2,1-2H3,(H,34,35,36)/t12-,16?/m1/s1. The monoisotopic (exact) mass is 565 g/mol. The van der Waals surface area contributed by atoms with Gasteiger partial charge in [0.15, 0.2) is 0 Å². The van der Waals surface area contributed by atoms with E-state index < -0.39 is 66.1 Å². The number of likely N-dealkylation sites (tertiary alicyclic amines) is 1. The molecule has 1 amide bonds. The lowest BCUT2D eigenvalue weighted by Gasteiger charge is -2.43. The summed E-state index contributed by atoms with van der Waals surface area (Å²) in [6.45, 7) is 0.139. The van der Waals surface area contributed by atoms with Crippen molar-refractivity contribution in [3.05, 3.63) is 53.2 Å². The summed E-state index contributed by atoms with van der Waals surface area (Å²) in [5.74, 6) is -5.50. The van der Waals surface area contributed by atoms with Gasteiger partial charge in [-0.2, -0.15) is 26.3 Å². The molecule has 39 heavy (non-hydrogen) atoms.